The summed E-state index contributed by atoms with van der Waals surface area (Å²) in [6.45, 7) is 12.6. The molecule has 2 fully saturated rings. The van der Waals surface area contributed by atoms with E-state index in [0.717, 1.165) is 25.8 Å². The Labute approximate surface area is 112 Å². The second-order valence-electron chi connectivity index (χ2n) is 6.31. The largest absolute Gasteiger partial charge is 0.380 e. The summed E-state index contributed by atoms with van der Waals surface area (Å²) in [6.07, 6.45) is 5.59. The van der Waals surface area contributed by atoms with E-state index >= 15 is 0 Å². The van der Waals surface area contributed by atoms with Gasteiger partial charge in [0.2, 0.25) is 0 Å². The van der Waals surface area contributed by atoms with Crippen LogP contribution in [0, 0.1) is 5.92 Å². The van der Waals surface area contributed by atoms with Gasteiger partial charge in [0, 0.05) is 25.7 Å². The Morgan fingerprint density at radius 3 is 2.61 bits per heavy atom. The molecule has 0 N–H and O–H groups in total. The highest BCUT2D eigenvalue weighted by atomic mass is 16.5. The van der Waals surface area contributed by atoms with Crippen LogP contribution in [0.2, 0.25) is 0 Å². The molecule has 1 atom stereocenters. The van der Waals surface area contributed by atoms with E-state index in [1.807, 2.05) is 0 Å². The standard InChI is InChI=1S/C15H30N2O/c1-14(2)13-18-11-10-16-7-5-6-15(12-16)17-8-3-4-9-17/h14-15H,3-13H2,1-2H3/t15-/m0/s1. The van der Waals surface area contributed by atoms with Crippen LogP contribution in [-0.4, -0.2) is 61.8 Å². The first-order valence-corrected chi connectivity index (χ1v) is 7.80. The third kappa shape index (κ3) is 4.52. The van der Waals surface area contributed by atoms with Gasteiger partial charge in [-0.1, -0.05) is 13.8 Å². The number of likely N-dealkylation sites (tertiary alicyclic amines) is 2. The summed E-state index contributed by atoms with van der Waals surface area (Å²) < 4.78 is 5.70. The minimum absolute atomic E-state index is 0.656. The molecule has 0 aromatic heterocycles. The third-order valence-electron chi connectivity index (χ3n) is 4.14. The number of rotatable bonds is 6. The molecule has 0 spiro atoms. The lowest BCUT2D eigenvalue weighted by Gasteiger charge is -2.37. The van der Waals surface area contributed by atoms with Crippen molar-refractivity contribution in [2.24, 2.45) is 5.92 Å². The van der Waals surface area contributed by atoms with E-state index in [2.05, 4.69) is 23.6 Å². The molecule has 2 heterocycles. The lowest BCUT2D eigenvalue weighted by Crippen LogP contribution is -2.47. The van der Waals surface area contributed by atoms with E-state index in [-0.39, 0.29) is 0 Å². The zero-order chi connectivity index (χ0) is 12.8. The average Bonchev–Trinajstić information content (AvgIpc) is 2.89. The van der Waals surface area contributed by atoms with Gasteiger partial charge in [-0.15, -0.1) is 0 Å². The molecule has 2 rings (SSSR count). The number of hydrogen-bond donors (Lipinski definition) is 0. The predicted molar refractivity (Wildman–Crippen MR) is 75.9 cm³/mol. The zero-order valence-corrected chi connectivity index (χ0v) is 12.2. The fourth-order valence-corrected chi connectivity index (χ4v) is 3.15. The van der Waals surface area contributed by atoms with Crippen molar-refractivity contribution in [1.29, 1.82) is 0 Å². The van der Waals surface area contributed by atoms with E-state index in [9.17, 15) is 0 Å². The average molecular weight is 254 g/mol. The van der Waals surface area contributed by atoms with E-state index in [0.29, 0.717) is 5.92 Å². The SMILES string of the molecule is CC(C)COCCN1CCC[C@H](N2CCCC2)C1. The summed E-state index contributed by atoms with van der Waals surface area (Å²) in [5, 5.41) is 0. The molecule has 2 aliphatic heterocycles. The van der Waals surface area contributed by atoms with Crippen molar-refractivity contribution in [2.75, 3.05) is 45.9 Å². The normalized spacial score (nSPS) is 27.2. The quantitative estimate of drug-likeness (QED) is 0.676. The van der Waals surface area contributed by atoms with E-state index < -0.39 is 0 Å². The van der Waals surface area contributed by atoms with Crippen LogP contribution in [-0.2, 0) is 4.74 Å². The van der Waals surface area contributed by atoms with Gasteiger partial charge in [-0.25, -0.2) is 0 Å². The highest BCUT2D eigenvalue weighted by Crippen LogP contribution is 2.20. The maximum Gasteiger partial charge on any atom is 0.0593 e. The van der Waals surface area contributed by atoms with Gasteiger partial charge >= 0.3 is 0 Å². The molecule has 106 valence electrons. The molecule has 3 heteroatoms. The van der Waals surface area contributed by atoms with Gasteiger partial charge in [0.25, 0.3) is 0 Å². The molecule has 0 bridgehead atoms. The first-order valence-electron chi connectivity index (χ1n) is 7.80. The van der Waals surface area contributed by atoms with Crippen molar-refractivity contribution >= 4 is 0 Å². The third-order valence-corrected chi connectivity index (χ3v) is 4.14. The van der Waals surface area contributed by atoms with Crippen LogP contribution in [0.5, 0.6) is 0 Å². The number of piperidine rings is 1. The van der Waals surface area contributed by atoms with Crippen molar-refractivity contribution < 1.29 is 4.74 Å². The first kappa shape index (κ1) is 14.3. The van der Waals surface area contributed by atoms with E-state index in [1.54, 1.807) is 0 Å². The molecule has 0 unspecified atom stereocenters. The number of nitrogens with zero attached hydrogens (tertiary/aromatic N) is 2. The molecule has 0 amide bonds. The van der Waals surface area contributed by atoms with Crippen LogP contribution in [0.15, 0.2) is 0 Å². The molecular formula is C15H30N2O. The van der Waals surface area contributed by atoms with Gasteiger partial charge in [-0.2, -0.15) is 0 Å². The van der Waals surface area contributed by atoms with Crippen LogP contribution in [0.1, 0.15) is 39.5 Å². The van der Waals surface area contributed by atoms with Crippen LogP contribution in [0.25, 0.3) is 0 Å². The monoisotopic (exact) mass is 254 g/mol. The Kier molecular flexibility index (Phi) is 5.93. The maximum absolute atomic E-state index is 5.70. The number of ether oxygens (including phenoxy) is 1. The fraction of sp³-hybridized carbons (Fsp3) is 1.00. The molecule has 18 heavy (non-hydrogen) atoms. The minimum atomic E-state index is 0.656. The van der Waals surface area contributed by atoms with Gasteiger partial charge in [-0.05, 0) is 51.2 Å². The van der Waals surface area contributed by atoms with Gasteiger partial charge in [0.1, 0.15) is 0 Å². The Morgan fingerprint density at radius 1 is 1.11 bits per heavy atom. The van der Waals surface area contributed by atoms with Gasteiger partial charge in [0.05, 0.1) is 6.61 Å². The number of hydrogen-bond acceptors (Lipinski definition) is 3. The Morgan fingerprint density at radius 2 is 1.89 bits per heavy atom. The van der Waals surface area contributed by atoms with Crippen LogP contribution < -0.4 is 0 Å². The molecule has 0 aliphatic carbocycles. The molecule has 2 aliphatic rings. The summed E-state index contributed by atoms with van der Waals surface area (Å²) in [5.41, 5.74) is 0. The Balaban J connectivity index is 1.63. The summed E-state index contributed by atoms with van der Waals surface area (Å²) in [6, 6.07) is 0.825. The van der Waals surface area contributed by atoms with Crippen LogP contribution in [0.3, 0.4) is 0 Å². The fourth-order valence-electron chi connectivity index (χ4n) is 3.15. The molecule has 0 saturated carbocycles. The molecular weight excluding hydrogens is 224 g/mol. The molecule has 0 aromatic carbocycles. The zero-order valence-electron chi connectivity index (χ0n) is 12.2. The first-order chi connectivity index (χ1) is 8.75. The van der Waals surface area contributed by atoms with E-state index in [1.165, 1.54) is 51.9 Å². The second-order valence-corrected chi connectivity index (χ2v) is 6.31. The minimum Gasteiger partial charge on any atom is -0.380 e. The van der Waals surface area contributed by atoms with Crippen molar-refractivity contribution in [3.63, 3.8) is 0 Å². The van der Waals surface area contributed by atoms with Crippen LogP contribution in [0.4, 0.5) is 0 Å². The summed E-state index contributed by atoms with van der Waals surface area (Å²) in [4.78, 5) is 5.31. The van der Waals surface area contributed by atoms with Crippen molar-refractivity contribution in [1.82, 2.24) is 9.80 Å². The van der Waals surface area contributed by atoms with Crippen molar-refractivity contribution in [2.45, 2.75) is 45.6 Å². The highest BCUT2D eigenvalue weighted by Gasteiger charge is 2.26. The second kappa shape index (κ2) is 7.46. The van der Waals surface area contributed by atoms with Gasteiger partial charge in [0.15, 0.2) is 0 Å². The maximum atomic E-state index is 5.70. The lowest BCUT2D eigenvalue weighted by molar-refractivity contribution is 0.0596. The van der Waals surface area contributed by atoms with Gasteiger partial charge < -0.3 is 4.74 Å². The summed E-state index contributed by atoms with van der Waals surface area (Å²) in [5.74, 6) is 0.656. The van der Waals surface area contributed by atoms with Crippen molar-refractivity contribution in [3.8, 4) is 0 Å². The Hall–Kier alpha value is -0.120. The van der Waals surface area contributed by atoms with Gasteiger partial charge in [-0.3, -0.25) is 9.80 Å². The van der Waals surface area contributed by atoms with Crippen molar-refractivity contribution in [3.05, 3.63) is 0 Å². The highest BCUT2D eigenvalue weighted by molar-refractivity contribution is 4.83. The smallest absolute Gasteiger partial charge is 0.0593 e. The Bertz CT molecular complexity index is 227. The lowest BCUT2D eigenvalue weighted by atomic mass is 10.0. The van der Waals surface area contributed by atoms with Crippen LogP contribution >= 0.6 is 0 Å². The molecule has 2 saturated heterocycles. The summed E-state index contributed by atoms with van der Waals surface area (Å²) in [7, 11) is 0. The summed E-state index contributed by atoms with van der Waals surface area (Å²) >= 11 is 0. The topological polar surface area (TPSA) is 15.7 Å². The molecule has 3 nitrogen and oxygen atoms in total. The predicted octanol–water partition coefficient (Wildman–Crippen LogP) is 2.22. The van der Waals surface area contributed by atoms with E-state index in [4.69, 9.17) is 4.74 Å². The molecule has 0 radical (unpaired) electrons. The molecule has 0 aromatic rings.